The summed E-state index contributed by atoms with van der Waals surface area (Å²) >= 11 is 0. The molecule has 3 nitrogen and oxygen atoms in total. The number of benzene rings is 19. The molecule has 0 bridgehead atoms. The third-order valence-corrected chi connectivity index (χ3v) is 25.2. The Kier molecular flexibility index (Phi) is 15.5. The normalized spacial score (nSPS) is 12.1. The first kappa shape index (κ1) is 67.2. The van der Waals surface area contributed by atoms with Crippen LogP contribution in [0.5, 0.6) is 0 Å². The van der Waals surface area contributed by atoms with Gasteiger partial charge in [-0.2, -0.15) is 0 Å². The number of para-hydroxylation sites is 2. The van der Waals surface area contributed by atoms with Crippen molar-refractivity contribution in [3.8, 4) is 151 Å². The van der Waals surface area contributed by atoms with Crippen molar-refractivity contribution in [1.29, 1.82) is 0 Å². The molecular formula is C114H72BN3. The minimum absolute atomic E-state index is 0.227. The summed E-state index contributed by atoms with van der Waals surface area (Å²) in [6.45, 7) is -0.227. The Labute approximate surface area is 684 Å². The van der Waals surface area contributed by atoms with Crippen LogP contribution in [0, 0.1) is 0 Å². The molecule has 0 atom stereocenters. The Morgan fingerprint density at radius 3 is 0.763 bits per heavy atom. The third-order valence-electron chi connectivity index (χ3n) is 25.2. The molecule has 0 radical (unpaired) electrons. The highest BCUT2D eigenvalue weighted by atomic mass is 15.1. The van der Waals surface area contributed by atoms with Gasteiger partial charge in [-0.15, -0.1) is 0 Å². The van der Waals surface area contributed by atoms with Gasteiger partial charge in [0.1, 0.15) is 0 Å². The van der Waals surface area contributed by atoms with Crippen molar-refractivity contribution in [1.82, 2.24) is 13.7 Å². The van der Waals surface area contributed by atoms with E-state index in [1.165, 1.54) is 182 Å². The summed E-state index contributed by atoms with van der Waals surface area (Å²) in [7, 11) is 0. The van der Waals surface area contributed by atoms with Crippen molar-refractivity contribution in [2.75, 3.05) is 0 Å². The molecule has 0 N–H and O–H groups in total. The zero-order valence-corrected chi connectivity index (χ0v) is 64.5. The van der Waals surface area contributed by atoms with Crippen LogP contribution in [0.25, 0.3) is 216 Å². The molecule has 24 rings (SSSR count). The van der Waals surface area contributed by atoms with Crippen LogP contribution in [0.2, 0.25) is 0 Å². The van der Waals surface area contributed by atoms with Crippen molar-refractivity contribution < 1.29 is 0 Å². The Bertz CT molecular complexity index is 7220. The lowest BCUT2D eigenvalue weighted by atomic mass is 9.34. The summed E-state index contributed by atoms with van der Waals surface area (Å²) in [4.78, 5) is 0. The molecule has 0 spiro atoms. The number of nitrogens with zero attached hydrogens (tertiary/aromatic N) is 3. The molecule has 118 heavy (non-hydrogen) atoms. The van der Waals surface area contributed by atoms with Gasteiger partial charge in [0.2, 0.25) is 0 Å². The maximum absolute atomic E-state index is 2.66. The molecule has 22 aromatic rings. The first-order valence-corrected chi connectivity index (χ1v) is 40.9. The highest BCUT2D eigenvalue weighted by Gasteiger charge is 2.42. The summed E-state index contributed by atoms with van der Waals surface area (Å²) in [6, 6.07) is 164. The monoisotopic (exact) mass is 1490 g/mol. The van der Waals surface area contributed by atoms with Gasteiger partial charge in [0, 0.05) is 54.7 Å². The van der Waals surface area contributed by atoms with Crippen molar-refractivity contribution in [2.45, 2.75) is 0 Å². The average molecular weight is 1490 g/mol. The summed E-state index contributed by atoms with van der Waals surface area (Å²) in [5.74, 6) is 0. The molecule has 4 heteroatoms. The van der Waals surface area contributed by atoms with E-state index in [1.54, 1.807) is 0 Å². The molecule has 3 aromatic heterocycles. The van der Waals surface area contributed by atoms with Crippen molar-refractivity contribution in [2.24, 2.45) is 0 Å². The topological polar surface area (TPSA) is 14.8 Å². The maximum atomic E-state index is 2.66. The third kappa shape index (κ3) is 10.9. The average Bonchev–Trinajstić information content (AvgIpc) is 1.47. The summed E-state index contributed by atoms with van der Waals surface area (Å²) in [5, 5.41) is 7.24. The Balaban J connectivity index is 0.795. The van der Waals surface area contributed by atoms with Gasteiger partial charge in [-0.25, -0.2) is 0 Å². The number of fused-ring (bicyclic) bond motifs is 13. The van der Waals surface area contributed by atoms with E-state index in [2.05, 4.69) is 450 Å². The van der Waals surface area contributed by atoms with E-state index < -0.39 is 0 Å². The fraction of sp³-hybridized carbons (Fsp3) is 0. The standard InChI is InChI=1S/C114H72BN3/c1-7-27-73(28-8-1)79-47-51-81(52-48-79)94-39-19-21-41-96(94)91-65-102-98-43-23-25-45-106(98)117-110-71-93(72-111-112(110)115(104(67-91)113(102)117)105-68-92(66-103-99-44-24-26-46-107(99)118(111)114(103)105)97-42-22-20-40-95(97)82-53-49-80(50-54-82)74-29-9-2-10-30-74)116-108-69-83(89-61-85(75-31-11-3-12-32-75)59-86(62-89)76-33-13-4-14-34-76)55-57-100(108)101-58-56-84(70-109(101)116)90-63-87(77-35-15-5-16-36-77)60-88(64-90)78-37-17-6-18-38-78/h1-72H. The van der Waals surface area contributed by atoms with Crippen LogP contribution in [0.4, 0.5) is 0 Å². The molecule has 2 aliphatic rings. The van der Waals surface area contributed by atoms with E-state index in [-0.39, 0.29) is 6.71 Å². The van der Waals surface area contributed by atoms with E-state index in [9.17, 15) is 0 Å². The molecular weight excluding hydrogens is 1420 g/mol. The Hall–Kier alpha value is -15.4. The fourth-order valence-electron chi connectivity index (χ4n) is 19.7. The van der Waals surface area contributed by atoms with Crippen LogP contribution in [0.15, 0.2) is 437 Å². The van der Waals surface area contributed by atoms with Gasteiger partial charge >= 0.3 is 0 Å². The second kappa shape index (κ2) is 27.2. The molecule has 546 valence electrons. The van der Waals surface area contributed by atoms with Gasteiger partial charge in [0.05, 0.1) is 27.8 Å². The van der Waals surface area contributed by atoms with E-state index >= 15 is 0 Å². The van der Waals surface area contributed by atoms with Crippen LogP contribution in [0.3, 0.4) is 0 Å². The molecule has 0 aliphatic carbocycles. The molecule has 0 saturated heterocycles. The van der Waals surface area contributed by atoms with Gasteiger partial charge in [-0.1, -0.05) is 352 Å². The predicted molar refractivity (Wildman–Crippen MR) is 499 cm³/mol. The van der Waals surface area contributed by atoms with Gasteiger partial charge < -0.3 is 13.7 Å². The summed E-state index contributed by atoms with van der Waals surface area (Å²) in [5.41, 5.74) is 42.5. The Morgan fingerprint density at radius 2 is 0.415 bits per heavy atom. The summed E-state index contributed by atoms with van der Waals surface area (Å²) < 4.78 is 7.94. The predicted octanol–water partition coefficient (Wildman–Crippen LogP) is 28.1. The smallest absolute Gasteiger partial charge is 0.252 e. The van der Waals surface area contributed by atoms with Crippen molar-refractivity contribution >= 4 is 88.5 Å². The lowest BCUT2D eigenvalue weighted by molar-refractivity contribution is 1.10. The van der Waals surface area contributed by atoms with Crippen LogP contribution in [-0.4, -0.2) is 20.4 Å². The van der Waals surface area contributed by atoms with Gasteiger partial charge in [0.15, 0.2) is 0 Å². The highest BCUT2D eigenvalue weighted by molar-refractivity contribution is 7.00. The number of hydrogen-bond acceptors (Lipinski definition) is 0. The molecule has 5 heterocycles. The first-order chi connectivity index (χ1) is 58.5. The number of rotatable bonds is 13. The zero-order valence-electron chi connectivity index (χ0n) is 64.5. The SMILES string of the molecule is c1ccc(-c2ccc(-c3ccccc3-c3cc4c5c(c3)c3ccccc3n5-c3cc(-n5c6cc(-c7cc(-c8ccccc8)cc(-c8ccccc8)c7)ccc6c6ccc(-c7cc(-c8ccccc8)cc(-c8ccccc8)c7)cc65)cc5c3B4c3cc(-c4ccccc4-c4ccc(-c6ccccc6)cc4)cc4c6ccccc6n-5c34)cc2)cc1. The zero-order chi connectivity index (χ0) is 77.5. The van der Waals surface area contributed by atoms with E-state index in [0.29, 0.717) is 0 Å². The molecule has 0 amide bonds. The van der Waals surface area contributed by atoms with Crippen LogP contribution in [0.1, 0.15) is 0 Å². The van der Waals surface area contributed by atoms with Crippen LogP contribution in [-0.2, 0) is 0 Å². The van der Waals surface area contributed by atoms with Crippen molar-refractivity contribution in [3.05, 3.63) is 437 Å². The van der Waals surface area contributed by atoms with E-state index in [0.717, 1.165) is 50.3 Å². The van der Waals surface area contributed by atoms with Gasteiger partial charge in [-0.3, -0.25) is 0 Å². The van der Waals surface area contributed by atoms with Crippen LogP contribution < -0.4 is 16.4 Å². The second-order valence-corrected chi connectivity index (χ2v) is 31.8. The Morgan fingerprint density at radius 1 is 0.153 bits per heavy atom. The highest BCUT2D eigenvalue weighted by Crippen LogP contribution is 2.48. The molecule has 0 unspecified atom stereocenters. The number of aromatic nitrogens is 3. The van der Waals surface area contributed by atoms with Gasteiger partial charge in [-0.05, 0) is 235 Å². The molecule has 19 aromatic carbocycles. The van der Waals surface area contributed by atoms with Crippen molar-refractivity contribution in [3.63, 3.8) is 0 Å². The van der Waals surface area contributed by atoms with Gasteiger partial charge in [0.25, 0.3) is 6.71 Å². The minimum atomic E-state index is -0.227. The first-order valence-electron chi connectivity index (χ1n) is 40.9. The molecule has 0 saturated carbocycles. The quantitative estimate of drug-likeness (QED) is 0.102. The van der Waals surface area contributed by atoms with E-state index in [1.807, 2.05) is 0 Å². The second-order valence-electron chi connectivity index (χ2n) is 31.8. The summed E-state index contributed by atoms with van der Waals surface area (Å²) in [6.07, 6.45) is 0. The molecule has 0 fully saturated rings. The minimum Gasteiger partial charge on any atom is -0.310 e. The lowest BCUT2D eigenvalue weighted by Crippen LogP contribution is -2.59. The molecule has 2 aliphatic heterocycles. The van der Waals surface area contributed by atoms with Crippen LogP contribution >= 0.6 is 0 Å². The van der Waals surface area contributed by atoms with E-state index in [4.69, 9.17) is 0 Å². The maximum Gasteiger partial charge on any atom is 0.252 e. The fourth-order valence-corrected chi connectivity index (χ4v) is 19.7. The number of hydrogen-bond donors (Lipinski definition) is 0. The largest absolute Gasteiger partial charge is 0.310 e. The lowest BCUT2D eigenvalue weighted by Gasteiger charge is -2.35.